The molecule has 0 aliphatic rings. The standard InChI is InChI=1S/C16H17FN2O2/c1-10-6-12(17)9-13(7-10)19-16(21)15(18)8-11-2-4-14(20)5-3-11/h2-7,9,15,20H,8,18H2,1H3,(H,19,21). The summed E-state index contributed by atoms with van der Waals surface area (Å²) in [4.78, 5) is 12.0. The summed E-state index contributed by atoms with van der Waals surface area (Å²) in [6.07, 6.45) is 0.334. The Kier molecular flexibility index (Phi) is 4.55. The number of nitrogens with two attached hydrogens (primary N) is 1. The lowest BCUT2D eigenvalue weighted by atomic mass is 10.1. The molecule has 5 heteroatoms. The molecule has 1 unspecified atom stereocenters. The Morgan fingerprint density at radius 1 is 1.29 bits per heavy atom. The van der Waals surface area contributed by atoms with Crippen molar-refractivity contribution in [2.75, 3.05) is 5.32 Å². The Bertz CT molecular complexity index is 621. The van der Waals surface area contributed by atoms with Crippen LogP contribution in [0, 0.1) is 12.7 Å². The van der Waals surface area contributed by atoms with Crippen molar-refractivity contribution < 1.29 is 14.3 Å². The van der Waals surface area contributed by atoms with E-state index in [1.807, 2.05) is 0 Å². The lowest BCUT2D eigenvalue weighted by molar-refractivity contribution is -0.117. The van der Waals surface area contributed by atoms with Crippen LogP contribution in [0.15, 0.2) is 42.5 Å². The van der Waals surface area contributed by atoms with Crippen molar-refractivity contribution in [1.29, 1.82) is 0 Å². The fraction of sp³-hybridized carbons (Fsp3) is 0.188. The molecule has 0 fully saturated rings. The van der Waals surface area contributed by atoms with Gasteiger partial charge in [-0.15, -0.1) is 0 Å². The molecule has 2 aromatic carbocycles. The molecule has 0 spiro atoms. The zero-order chi connectivity index (χ0) is 15.4. The number of aryl methyl sites for hydroxylation is 1. The van der Waals surface area contributed by atoms with Gasteiger partial charge in [-0.25, -0.2) is 4.39 Å². The van der Waals surface area contributed by atoms with E-state index in [0.29, 0.717) is 12.1 Å². The van der Waals surface area contributed by atoms with Crippen LogP contribution in [0.25, 0.3) is 0 Å². The second-order valence-corrected chi connectivity index (χ2v) is 4.98. The topological polar surface area (TPSA) is 75.4 Å². The first-order valence-corrected chi connectivity index (χ1v) is 6.55. The molecular formula is C16H17FN2O2. The van der Waals surface area contributed by atoms with Gasteiger partial charge in [0.2, 0.25) is 5.91 Å². The van der Waals surface area contributed by atoms with Crippen LogP contribution in [0.1, 0.15) is 11.1 Å². The van der Waals surface area contributed by atoms with Crippen molar-refractivity contribution in [1.82, 2.24) is 0 Å². The van der Waals surface area contributed by atoms with Crippen LogP contribution in [-0.4, -0.2) is 17.1 Å². The average molecular weight is 288 g/mol. The van der Waals surface area contributed by atoms with E-state index in [1.165, 1.54) is 24.3 Å². The minimum atomic E-state index is -0.752. The van der Waals surface area contributed by atoms with Crippen LogP contribution in [0.5, 0.6) is 5.75 Å². The highest BCUT2D eigenvalue weighted by molar-refractivity contribution is 5.94. The summed E-state index contributed by atoms with van der Waals surface area (Å²) >= 11 is 0. The number of halogens is 1. The fourth-order valence-corrected chi connectivity index (χ4v) is 2.02. The summed E-state index contributed by atoms with van der Waals surface area (Å²) in [5, 5.41) is 11.8. The normalized spacial score (nSPS) is 12.0. The SMILES string of the molecule is Cc1cc(F)cc(NC(=O)C(N)Cc2ccc(O)cc2)c1. The van der Waals surface area contributed by atoms with Gasteiger partial charge in [0.25, 0.3) is 0 Å². The molecule has 0 saturated heterocycles. The second-order valence-electron chi connectivity index (χ2n) is 4.98. The summed E-state index contributed by atoms with van der Waals surface area (Å²) in [5.74, 6) is -0.627. The third kappa shape index (κ3) is 4.29. The summed E-state index contributed by atoms with van der Waals surface area (Å²) in [7, 11) is 0. The number of nitrogens with one attached hydrogen (secondary N) is 1. The highest BCUT2D eigenvalue weighted by Gasteiger charge is 2.14. The Morgan fingerprint density at radius 2 is 1.95 bits per heavy atom. The molecule has 0 aliphatic heterocycles. The summed E-state index contributed by atoms with van der Waals surface area (Å²) in [6, 6.07) is 10.0. The number of carbonyl (C=O) groups is 1. The Labute approximate surface area is 122 Å². The first-order chi connectivity index (χ1) is 9.94. The highest BCUT2D eigenvalue weighted by atomic mass is 19.1. The lowest BCUT2D eigenvalue weighted by Crippen LogP contribution is -2.37. The quantitative estimate of drug-likeness (QED) is 0.808. The Morgan fingerprint density at radius 3 is 2.57 bits per heavy atom. The Hall–Kier alpha value is -2.40. The van der Waals surface area contributed by atoms with Gasteiger partial charge < -0.3 is 16.2 Å². The average Bonchev–Trinajstić information content (AvgIpc) is 2.40. The molecule has 4 nitrogen and oxygen atoms in total. The molecule has 0 aromatic heterocycles. The number of phenolic OH excluding ortho intramolecular Hbond substituents is 1. The maximum absolute atomic E-state index is 13.3. The number of phenols is 1. The van der Waals surface area contributed by atoms with Gasteiger partial charge in [-0.3, -0.25) is 4.79 Å². The van der Waals surface area contributed by atoms with Crippen molar-refractivity contribution in [2.45, 2.75) is 19.4 Å². The van der Waals surface area contributed by atoms with E-state index < -0.39 is 11.9 Å². The molecule has 0 radical (unpaired) electrons. The smallest absolute Gasteiger partial charge is 0.241 e. The number of hydrogen-bond acceptors (Lipinski definition) is 3. The van der Waals surface area contributed by atoms with Gasteiger partial charge in [0, 0.05) is 5.69 Å². The molecule has 1 amide bonds. The zero-order valence-electron chi connectivity index (χ0n) is 11.6. The van der Waals surface area contributed by atoms with Crippen molar-refractivity contribution >= 4 is 11.6 Å². The molecule has 4 N–H and O–H groups in total. The van der Waals surface area contributed by atoms with E-state index in [9.17, 15) is 14.3 Å². The number of aromatic hydroxyl groups is 1. The number of hydrogen-bond donors (Lipinski definition) is 3. The van der Waals surface area contributed by atoms with E-state index in [-0.39, 0.29) is 11.7 Å². The second kappa shape index (κ2) is 6.37. The zero-order valence-corrected chi connectivity index (χ0v) is 11.6. The van der Waals surface area contributed by atoms with Gasteiger partial charge in [0.1, 0.15) is 11.6 Å². The molecule has 0 aliphatic carbocycles. The molecule has 1 atom stereocenters. The molecule has 21 heavy (non-hydrogen) atoms. The number of carbonyl (C=O) groups excluding carboxylic acids is 1. The van der Waals surface area contributed by atoms with Crippen LogP contribution in [0.3, 0.4) is 0 Å². The van der Waals surface area contributed by atoms with E-state index in [1.54, 1.807) is 25.1 Å². The first kappa shape index (κ1) is 15.0. The van der Waals surface area contributed by atoms with Crippen molar-refractivity contribution in [3.63, 3.8) is 0 Å². The molecule has 2 aromatic rings. The monoisotopic (exact) mass is 288 g/mol. The molecule has 110 valence electrons. The van der Waals surface area contributed by atoms with Gasteiger partial charge in [-0.1, -0.05) is 12.1 Å². The van der Waals surface area contributed by atoms with Crippen LogP contribution >= 0.6 is 0 Å². The van der Waals surface area contributed by atoms with E-state index >= 15 is 0 Å². The van der Waals surface area contributed by atoms with Crippen LogP contribution < -0.4 is 11.1 Å². The number of amides is 1. The summed E-state index contributed by atoms with van der Waals surface area (Å²) in [6.45, 7) is 1.75. The largest absolute Gasteiger partial charge is 0.508 e. The van der Waals surface area contributed by atoms with E-state index in [2.05, 4.69) is 5.32 Å². The molecule has 0 heterocycles. The Balaban J connectivity index is 2.00. The molecular weight excluding hydrogens is 271 g/mol. The van der Waals surface area contributed by atoms with Crippen LogP contribution in [0.4, 0.5) is 10.1 Å². The number of anilines is 1. The predicted octanol–water partition coefficient (Wildman–Crippen LogP) is 2.35. The number of rotatable bonds is 4. The van der Waals surface area contributed by atoms with E-state index in [0.717, 1.165) is 11.1 Å². The van der Waals surface area contributed by atoms with E-state index in [4.69, 9.17) is 5.73 Å². The predicted molar refractivity (Wildman–Crippen MR) is 79.6 cm³/mol. The summed E-state index contributed by atoms with van der Waals surface area (Å²) < 4.78 is 13.3. The van der Waals surface area contributed by atoms with Gasteiger partial charge >= 0.3 is 0 Å². The minimum Gasteiger partial charge on any atom is -0.508 e. The third-order valence-corrected chi connectivity index (χ3v) is 3.04. The maximum atomic E-state index is 13.3. The van der Waals surface area contributed by atoms with Crippen molar-refractivity contribution in [3.05, 3.63) is 59.4 Å². The van der Waals surface area contributed by atoms with Crippen molar-refractivity contribution in [3.8, 4) is 5.75 Å². The molecule has 2 rings (SSSR count). The van der Waals surface area contributed by atoms with Gasteiger partial charge in [0.05, 0.1) is 6.04 Å². The highest BCUT2D eigenvalue weighted by Crippen LogP contribution is 2.15. The minimum absolute atomic E-state index is 0.159. The third-order valence-electron chi connectivity index (χ3n) is 3.04. The number of benzene rings is 2. The van der Waals surface area contributed by atoms with Gasteiger partial charge in [0.15, 0.2) is 0 Å². The molecule has 0 bridgehead atoms. The first-order valence-electron chi connectivity index (χ1n) is 6.55. The van der Waals surface area contributed by atoms with Crippen molar-refractivity contribution in [2.24, 2.45) is 5.73 Å². The lowest BCUT2D eigenvalue weighted by Gasteiger charge is -2.13. The summed E-state index contributed by atoms with van der Waals surface area (Å²) in [5.41, 5.74) is 7.79. The van der Waals surface area contributed by atoms with Crippen LogP contribution in [-0.2, 0) is 11.2 Å². The fourth-order valence-electron chi connectivity index (χ4n) is 2.02. The maximum Gasteiger partial charge on any atom is 0.241 e. The van der Waals surface area contributed by atoms with Gasteiger partial charge in [-0.05, 0) is 54.8 Å². The van der Waals surface area contributed by atoms with Gasteiger partial charge in [-0.2, -0.15) is 0 Å². The molecule has 0 saturated carbocycles. The van der Waals surface area contributed by atoms with Crippen LogP contribution in [0.2, 0.25) is 0 Å².